The molecule has 0 aliphatic carbocycles. The summed E-state index contributed by atoms with van der Waals surface area (Å²) in [6.45, 7) is 25.1. The highest BCUT2D eigenvalue weighted by molar-refractivity contribution is 5.85. The molecule has 0 aliphatic rings. The Hall–Kier alpha value is -2.37. The standard InChI is InChI=1S/C7H16.3C4H6O2/c1-6(2)7(3,4)5;3*1-3(2)4(5)6/h6H,1-5H3;3*1H2,2H3,(H,5,6). The topological polar surface area (TPSA) is 112 Å². The molecule has 0 saturated carbocycles. The van der Waals surface area contributed by atoms with Crippen LogP contribution in [0.15, 0.2) is 36.5 Å². The maximum atomic E-state index is 9.60. The molecule has 0 aromatic carbocycles. The second-order valence-electron chi connectivity index (χ2n) is 6.78. The van der Waals surface area contributed by atoms with Crippen LogP contribution in [0.5, 0.6) is 0 Å². The number of hydrogen-bond donors (Lipinski definition) is 3. The molecule has 0 atom stereocenters. The largest absolute Gasteiger partial charge is 0.478 e. The van der Waals surface area contributed by atoms with Gasteiger partial charge in [0.1, 0.15) is 0 Å². The van der Waals surface area contributed by atoms with E-state index in [0.717, 1.165) is 5.92 Å². The summed E-state index contributed by atoms with van der Waals surface area (Å²) in [7, 11) is 0. The van der Waals surface area contributed by atoms with Crippen LogP contribution in [0.4, 0.5) is 0 Å². The van der Waals surface area contributed by atoms with Gasteiger partial charge in [-0.25, -0.2) is 14.4 Å². The minimum atomic E-state index is -0.935. The van der Waals surface area contributed by atoms with Gasteiger partial charge >= 0.3 is 17.9 Å². The summed E-state index contributed by atoms with van der Waals surface area (Å²) in [5.74, 6) is -2.01. The molecule has 0 aromatic rings. The van der Waals surface area contributed by atoms with Crippen molar-refractivity contribution in [2.24, 2.45) is 11.3 Å². The van der Waals surface area contributed by atoms with Gasteiger partial charge in [-0.15, -0.1) is 0 Å². The highest BCUT2D eigenvalue weighted by atomic mass is 16.4. The molecule has 0 unspecified atom stereocenters. The third-order valence-corrected chi connectivity index (χ3v) is 2.83. The van der Waals surface area contributed by atoms with E-state index in [9.17, 15) is 14.4 Å². The number of carboxylic acids is 3. The first-order chi connectivity index (χ1) is 10.9. The van der Waals surface area contributed by atoms with Crippen LogP contribution >= 0.6 is 0 Å². The molecule has 6 heteroatoms. The summed E-state index contributed by atoms with van der Waals surface area (Å²) in [6.07, 6.45) is 0. The Bertz CT molecular complexity index is 386. The number of hydrogen-bond acceptors (Lipinski definition) is 3. The third-order valence-electron chi connectivity index (χ3n) is 2.83. The maximum absolute atomic E-state index is 9.60. The van der Waals surface area contributed by atoms with Crippen LogP contribution in [0.1, 0.15) is 55.4 Å². The van der Waals surface area contributed by atoms with Gasteiger partial charge in [-0.3, -0.25) is 0 Å². The fourth-order valence-electron chi connectivity index (χ4n) is 0. The van der Waals surface area contributed by atoms with Crippen LogP contribution in [0.2, 0.25) is 0 Å². The summed E-state index contributed by atoms with van der Waals surface area (Å²) in [5.41, 5.74) is 1.03. The Morgan fingerprint density at radius 1 is 0.680 bits per heavy atom. The van der Waals surface area contributed by atoms with Gasteiger partial charge in [-0.05, 0) is 32.1 Å². The fourth-order valence-corrected chi connectivity index (χ4v) is 0. The molecular formula is C19H34O6. The molecular weight excluding hydrogens is 324 g/mol. The van der Waals surface area contributed by atoms with Crippen molar-refractivity contribution >= 4 is 17.9 Å². The molecule has 6 nitrogen and oxygen atoms in total. The number of carbonyl (C=O) groups is 3. The Morgan fingerprint density at radius 3 is 0.760 bits per heavy atom. The van der Waals surface area contributed by atoms with Gasteiger partial charge in [0.25, 0.3) is 0 Å². The van der Waals surface area contributed by atoms with E-state index in [0.29, 0.717) is 5.41 Å². The van der Waals surface area contributed by atoms with Crippen molar-refractivity contribution in [3.8, 4) is 0 Å². The smallest absolute Gasteiger partial charge is 0.330 e. The Balaban J connectivity index is -0.000000118. The third kappa shape index (κ3) is 34.1. The lowest BCUT2D eigenvalue weighted by molar-refractivity contribution is -0.133. The molecule has 0 radical (unpaired) electrons. The van der Waals surface area contributed by atoms with Crippen molar-refractivity contribution in [2.45, 2.75) is 55.4 Å². The van der Waals surface area contributed by atoms with E-state index in [2.05, 4.69) is 54.4 Å². The normalized spacial score (nSPS) is 9.00. The summed E-state index contributed by atoms with van der Waals surface area (Å²) in [5, 5.41) is 23.7. The molecule has 3 N–H and O–H groups in total. The van der Waals surface area contributed by atoms with Crippen molar-refractivity contribution in [3.63, 3.8) is 0 Å². The zero-order chi connectivity index (χ0) is 21.5. The van der Waals surface area contributed by atoms with E-state index < -0.39 is 17.9 Å². The van der Waals surface area contributed by atoms with Crippen LogP contribution < -0.4 is 0 Å². The Kier molecular flexibility index (Phi) is 18.5. The highest BCUT2D eigenvalue weighted by Crippen LogP contribution is 2.23. The molecule has 146 valence electrons. The van der Waals surface area contributed by atoms with E-state index >= 15 is 0 Å². The first-order valence-corrected chi connectivity index (χ1v) is 7.54. The van der Waals surface area contributed by atoms with Crippen LogP contribution in [0.3, 0.4) is 0 Å². The Labute approximate surface area is 151 Å². The van der Waals surface area contributed by atoms with Gasteiger partial charge in [0.2, 0.25) is 0 Å². The average Bonchev–Trinajstić information content (AvgIpc) is 2.39. The summed E-state index contributed by atoms with van der Waals surface area (Å²) < 4.78 is 0. The van der Waals surface area contributed by atoms with Crippen LogP contribution in [-0.2, 0) is 14.4 Å². The van der Waals surface area contributed by atoms with E-state index in [1.165, 1.54) is 20.8 Å². The molecule has 0 heterocycles. The molecule has 0 saturated heterocycles. The Morgan fingerprint density at radius 2 is 0.760 bits per heavy atom. The van der Waals surface area contributed by atoms with Crippen molar-refractivity contribution in [3.05, 3.63) is 36.5 Å². The highest BCUT2D eigenvalue weighted by Gasteiger charge is 2.13. The number of carboxylic acid groups (broad SMARTS) is 3. The fraction of sp³-hybridized carbons (Fsp3) is 0.526. The van der Waals surface area contributed by atoms with E-state index in [1.807, 2.05) is 0 Å². The summed E-state index contributed by atoms with van der Waals surface area (Å²) in [6, 6.07) is 0. The monoisotopic (exact) mass is 358 g/mol. The SMILES string of the molecule is C=C(C)C(=O)O.C=C(C)C(=O)O.C=C(C)C(=O)O.CC(C)C(C)(C)C. The van der Waals surface area contributed by atoms with Gasteiger partial charge < -0.3 is 15.3 Å². The molecule has 0 spiro atoms. The van der Waals surface area contributed by atoms with Crippen molar-refractivity contribution in [2.75, 3.05) is 0 Å². The number of rotatable bonds is 3. The first kappa shape index (κ1) is 30.5. The zero-order valence-electron chi connectivity index (χ0n) is 16.8. The lowest BCUT2D eigenvalue weighted by Gasteiger charge is -2.22. The predicted molar refractivity (Wildman–Crippen MR) is 102 cm³/mol. The average molecular weight is 358 g/mol. The summed E-state index contributed by atoms with van der Waals surface area (Å²) in [4.78, 5) is 28.8. The quantitative estimate of drug-likeness (QED) is 0.634. The van der Waals surface area contributed by atoms with Crippen LogP contribution in [0.25, 0.3) is 0 Å². The van der Waals surface area contributed by atoms with Gasteiger partial charge in [-0.1, -0.05) is 54.4 Å². The minimum absolute atomic E-state index is 0.176. The van der Waals surface area contributed by atoms with Crippen molar-refractivity contribution < 1.29 is 29.7 Å². The molecule has 0 aliphatic heterocycles. The second kappa shape index (κ2) is 15.2. The van der Waals surface area contributed by atoms with Gasteiger partial charge in [0.15, 0.2) is 0 Å². The molecule has 0 fully saturated rings. The van der Waals surface area contributed by atoms with Crippen LogP contribution in [-0.4, -0.2) is 33.2 Å². The van der Waals surface area contributed by atoms with E-state index in [1.54, 1.807) is 0 Å². The first-order valence-electron chi connectivity index (χ1n) is 7.54. The van der Waals surface area contributed by atoms with Gasteiger partial charge in [0.05, 0.1) is 0 Å². The molecule has 0 bridgehead atoms. The minimum Gasteiger partial charge on any atom is -0.478 e. The van der Waals surface area contributed by atoms with Crippen LogP contribution in [0, 0.1) is 11.3 Å². The van der Waals surface area contributed by atoms with Crippen molar-refractivity contribution in [1.29, 1.82) is 0 Å². The number of aliphatic carboxylic acids is 3. The zero-order valence-corrected chi connectivity index (χ0v) is 16.8. The molecule has 0 rings (SSSR count). The lowest BCUT2D eigenvalue weighted by atomic mass is 9.84. The predicted octanol–water partition coefficient (Wildman–Crippen LogP) is 4.63. The molecule has 25 heavy (non-hydrogen) atoms. The lowest BCUT2D eigenvalue weighted by Crippen LogP contribution is -2.12. The van der Waals surface area contributed by atoms with Gasteiger partial charge in [0, 0.05) is 16.7 Å². The van der Waals surface area contributed by atoms with E-state index in [-0.39, 0.29) is 16.7 Å². The van der Waals surface area contributed by atoms with E-state index in [4.69, 9.17) is 15.3 Å². The summed E-state index contributed by atoms with van der Waals surface area (Å²) >= 11 is 0. The molecule has 0 amide bonds. The van der Waals surface area contributed by atoms with Gasteiger partial charge in [-0.2, -0.15) is 0 Å². The maximum Gasteiger partial charge on any atom is 0.330 e. The second-order valence-corrected chi connectivity index (χ2v) is 6.78. The molecule has 0 aromatic heterocycles. The van der Waals surface area contributed by atoms with Crippen molar-refractivity contribution in [1.82, 2.24) is 0 Å².